The second-order valence-electron chi connectivity index (χ2n) is 6.79. The predicted molar refractivity (Wildman–Crippen MR) is 98.7 cm³/mol. The first kappa shape index (κ1) is 19.7. The van der Waals surface area contributed by atoms with Crippen LogP contribution in [-0.4, -0.2) is 34.9 Å². The summed E-state index contributed by atoms with van der Waals surface area (Å²) in [7, 11) is 0. The Morgan fingerprint density at radius 3 is 2.67 bits per heavy atom. The summed E-state index contributed by atoms with van der Waals surface area (Å²) in [6, 6.07) is 5.34. The van der Waals surface area contributed by atoms with Gasteiger partial charge >= 0.3 is 0 Å². The molecule has 2 unspecified atom stereocenters. The van der Waals surface area contributed by atoms with E-state index in [-0.39, 0.29) is 23.0 Å². The van der Waals surface area contributed by atoms with Gasteiger partial charge in [-0.05, 0) is 25.1 Å². The molecule has 0 radical (unpaired) electrons. The van der Waals surface area contributed by atoms with Gasteiger partial charge in [-0.15, -0.1) is 5.10 Å². The molecule has 1 N–H and O–H groups in total. The summed E-state index contributed by atoms with van der Waals surface area (Å²) < 4.78 is 44.1. The summed E-state index contributed by atoms with van der Waals surface area (Å²) in [6.07, 6.45) is 2.51. The topological polar surface area (TPSA) is 98.7 Å². The van der Waals surface area contributed by atoms with Crippen LogP contribution in [0.2, 0.25) is 0 Å². The van der Waals surface area contributed by atoms with Crippen molar-refractivity contribution in [3.05, 3.63) is 82.4 Å². The van der Waals surface area contributed by atoms with E-state index in [0.717, 1.165) is 22.9 Å². The van der Waals surface area contributed by atoms with Crippen molar-refractivity contribution >= 4 is 10.9 Å². The smallest absolute Gasteiger partial charge is 0.278 e. The fraction of sp³-hybridized carbons (Fsp3) is 0.211. The molecule has 0 spiro atoms. The minimum absolute atomic E-state index is 0.0560. The molecule has 2 aromatic heterocycles. The predicted octanol–water partition coefficient (Wildman–Crippen LogP) is 1.95. The van der Waals surface area contributed by atoms with Gasteiger partial charge in [0.2, 0.25) is 0 Å². The summed E-state index contributed by atoms with van der Waals surface area (Å²) in [5.41, 5.74) is -3.34. The minimum atomic E-state index is -2.11. The minimum Gasteiger partial charge on any atom is -0.381 e. The van der Waals surface area contributed by atoms with E-state index in [9.17, 15) is 23.1 Å². The summed E-state index contributed by atoms with van der Waals surface area (Å²) in [5.74, 6) is -2.57. The number of hydrogen-bond donors (Lipinski definition) is 1. The van der Waals surface area contributed by atoms with Crippen molar-refractivity contribution in [1.82, 2.24) is 29.8 Å². The molecule has 2 aromatic carbocycles. The number of rotatable bonds is 5. The van der Waals surface area contributed by atoms with Crippen LogP contribution < -0.4 is 5.56 Å². The van der Waals surface area contributed by atoms with Gasteiger partial charge in [0.05, 0.1) is 18.0 Å². The molecule has 154 valence electrons. The number of nitrogens with zero attached hydrogens (tertiary/aromatic N) is 6. The first-order chi connectivity index (χ1) is 14.3. The Bertz CT molecular complexity index is 1280. The van der Waals surface area contributed by atoms with Gasteiger partial charge in [-0.25, -0.2) is 27.5 Å². The molecule has 8 nitrogen and oxygen atoms in total. The zero-order valence-electron chi connectivity index (χ0n) is 15.6. The summed E-state index contributed by atoms with van der Waals surface area (Å²) in [4.78, 5) is 16.7. The summed E-state index contributed by atoms with van der Waals surface area (Å²) in [5, 5.41) is 22.9. The van der Waals surface area contributed by atoms with Gasteiger partial charge in [-0.1, -0.05) is 17.3 Å². The third-order valence-corrected chi connectivity index (χ3v) is 4.99. The molecule has 2 atom stereocenters. The average Bonchev–Trinajstić information content (AvgIpc) is 3.21. The first-order valence-corrected chi connectivity index (χ1v) is 8.85. The van der Waals surface area contributed by atoms with E-state index in [1.165, 1.54) is 36.4 Å². The van der Waals surface area contributed by atoms with Crippen LogP contribution in [0, 0.1) is 17.5 Å². The second-order valence-corrected chi connectivity index (χ2v) is 6.79. The molecule has 0 bridgehead atoms. The Morgan fingerprint density at radius 2 is 1.97 bits per heavy atom. The molecule has 0 aliphatic rings. The lowest BCUT2D eigenvalue weighted by molar-refractivity contribution is -0.0390. The fourth-order valence-electron chi connectivity index (χ4n) is 3.35. The van der Waals surface area contributed by atoms with Gasteiger partial charge in [0.15, 0.2) is 5.82 Å². The highest BCUT2D eigenvalue weighted by Crippen LogP contribution is 2.35. The zero-order chi connectivity index (χ0) is 21.5. The molecule has 4 aromatic rings. The molecular formula is C19H15F3N6O2. The SMILES string of the molecule is CC(n1nnc2c(F)cccc2c1=O)C(O)(Cn1cncn1)c1ccc(F)cc1F. The van der Waals surface area contributed by atoms with E-state index in [0.29, 0.717) is 6.07 Å². The number of benzene rings is 2. The van der Waals surface area contributed by atoms with Crippen molar-refractivity contribution in [2.24, 2.45) is 0 Å². The maximum atomic E-state index is 14.6. The average molecular weight is 416 g/mol. The Kier molecular flexibility index (Phi) is 4.82. The van der Waals surface area contributed by atoms with Crippen LogP contribution in [0.1, 0.15) is 18.5 Å². The van der Waals surface area contributed by atoms with Crippen LogP contribution >= 0.6 is 0 Å². The van der Waals surface area contributed by atoms with Crippen LogP contribution in [0.5, 0.6) is 0 Å². The highest BCUT2D eigenvalue weighted by molar-refractivity contribution is 5.77. The van der Waals surface area contributed by atoms with Crippen LogP contribution in [-0.2, 0) is 12.1 Å². The molecular weight excluding hydrogens is 401 g/mol. The lowest BCUT2D eigenvalue weighted by atomic mass is 9.86. The zero-order valence-corrected chi connectivity index (χ0v) is 15.6. The van der Waals surface area contributed by atoms with E-state index in [2.05, 4.69) is 20.4 Å². The quantitative estimate of drug-likeness (QED) is 0.534. The van der Waals surface area contributed by atoms with Gasteiger partial charge in [-0.3, -0.25) is 4.79 Å². The van der Waals surface area contributed by atoms with Gasteiger partial charge in [0.25, 0.3) is 5.56 Å². The normalized spacial score (nSPS) is 14.6. The van der Waals surface area contributed by atoms with E-state index in [1.807, 2.05) is 0 Å². The van der Waals surface area contributed by atoms with E-state index >= 15 is 0 Å². The fourth-order valence-corrected chi connectivity index (χ4v) is 3.35. The van der Waals surface area contributed by atoms with Crippen molar-refractivity contribution in [3.63, 3.8) is 0 Å². The number of aromatic nitrogens is 6. The second kappa shape index (κ2) is 7.34. The Morgan fingerprint density at radius 1 is 1.17 bits per heavy atom. The maximum absolute atomic E-state index is 14.6. The molecule has 0 saturated carbocycles. The largest absolute Gasteiger partial charge is 0.381 e. The van der Waals surface area contributed by atoms with Crippen molar-refractivity contribution in [2.45, 2.75) is 25.1 Å². The molecule has 2 heterocycles. The highest BCUT2D eigenvalue weighted by Gasteiger charge is 2.41. The lowest BCUT2D eigenvalue weighted by Gasteiger charge is -2.34. The molecule has 4 rings (SSSR count). The first-order valence-electron chi connectivity index (χ1n) is 8.85. The van der Waals surface area contributed by atoms with Gasteiger partial charge in [0.1, 0.15) is 35.4 Å². The van der Waals surface area contributed by atoms with Gasteiger partial charge in [0, 0.05) is 11.6 Å². The molecule has 0 saturated heterocycles. The highest BCUT2D eigenvalue weighted by atomic mass is 19.1. The standard InChI is InChI=1S/C19H15F3N6O2/c1-11(28-18(29)13-3-2-4-15(21)17(13)25-26-28)19(30,8-27-10-23-9-24-27)14-6-5-12(20)7-16(14)22/h2-7,9-11,30H,8H2,1H3. The third kappa shape index (κ3) is 3.22. The molecule has 30 heavy (non-hydrogen) atoms. The number of halogens is 3. The molecule has 0 aliphatic carbocycles. The monoisotopic (exact) mass is 416 g/mol. The number of aliphatic hydroxyl groups is 1. The van der Waals surface area contributed by atoms with Crippen molar-refractivity contribution in [1.29, 1.82) is 0 Å². The van der Waals surface area contributed by atoms with E-state index in [4.69, 9.17) is 0 Å². The summed E-state index contributed by atoms with van der Waals surface area (Å²) >= 11 is 0. The Labute approximate surface area is 167 Å². The third-order valence-electron chi connectivity index (χ3n) is 4.99. The molecule has 0 aliphatic heterocycles. The van der Waals surface area contributed by atoms with Crippen molar-refractivity contribution in [3.8, 4) is 0 Å². The summed E-state index contributed by atoms with van der Waals surface area (Å²) in [6.45, 7) is 1.09. The molecule has 11 heteroatoms. The Balaban J connectivity index is 1.90. The maximum Gasteiger partial charge on any atom is 0.278 e. The van der Waals surface area contributed by atoms with E-state index in [1.54, 1.807) is 0 Å². The lowest BCUT2D eigenvalue weighted by Crippen LogP contribution is -2.44. The van der Waals surface area contributed by atoms with Gasteiger partial charge < -0.3 is 5.11 Å². The number of fused-ring (bicyclic) bond motifs is 1. The van der Waals surface area contributed by atoms with Crippen LogP contribution in [0.4, 0.5) is 13.2 Å². The van der Waals surface area contributed by atoms with Crippen LogP contribution in [0.25, 0.3) is 10.9 Å². The molecule has 0 fully saturated rings. The van der Waals surface area contributed by atoms with E-state index < -0.39 is 34.7 Å². The number of hydrogen-bond acceptors (Lipinski definition) is 6. The van der Waals surface area contributed by atoms with Crippen LogP contribution in [0.15, 0.2) is 53.8 Å². The van der Waals surface area contributed by atoms with Gasteiger partial charge in [-0.2, -0.15) is 5.10 Å². The van der Waals surface area contributed by atoms with Crippen molar-refractivity contribution < 1.29 is 18.3 Å². The Hall–Kier alpha value is -3.60. The van der Waals surface area contributed by atoms with Crippen LogP contribution in [0.3, 0.4) is 0 Å². The molecule has 0 amide bonds. The van der Waals surface area contributed by atoms with Crippen molar-refractivity contribution in [2.75, 3.05) is 0 Å².